The van der Waals surface area contributed by atoms with Crippen molar-refractivity contribution in [3.8, 4) is 5.75 Å². The first-order valence-corrected chi connectivity index (χ1v) is 6.17. The number of rotatable bonds is 6. The molecule has 1 atom stereocenters. The van der Waals surface area contributed by atoms with Crippen molar-refractivity contribution in [2.24, 2.45) is 0 Å². The molecule has 0 aliphatic carbocycles. The zero-order valence-corrected chi connectivity index (χ0v) is 10.8. The number of ether oxygens (including phenoxy) is 1. The number of hydrogen-bond donors (Lipinski definition) is 2. The van der Waals surface area contributed by atoms with Crippen molar-refractivity contribution >= 4 is 0 Å². The molecule has 0 aromatic heterocycles. The van der Waals surface area contributed by atoms with E-state index in [9.17, 15) is 10.2 Å². The molecule has 17 heavy (non-hydrogen) atoms. The predicted octanol–water partition coefficient (Wildman–Crippen LogP) is 2.67. The van der Waals surface area contributed by atoms with Gasteiger partial charge in [-0.3, -0.25) is 0 Å². The van der Waals surface area contributed by atoms with Crippen LogP contribution in [-0.4, -0.2) is 22.6 Å². The van der Waals surface area contributed by atoms with Crippen molar-refractivity contribution in [1.82, 2.24) is 0 Å². The Morgan fingerprint density at radius 1 is 1.24 bits per heavy atom. The van der Waals surface area contributed by atoms with E-state index in [2.05, 4.69) is 0 Å². The lowest BCUT2D eigenvalue weighted by atomic mass is 10.0. The Bertz CT molecular complexity index is 345. The van der Waals surface area contributed by atoms with Crippen LogP contribution in [0.15, 0.2) is 24.3 Å². The maximum atomic E-state index is 10.2. The van der Waals surface area contributed by atoms with E-state index in [1.165, 1.54) is 0 Å². The highest BCUT2D eigenvalue weighted by Crippen LogP contribution is 2.30. The summed E-state index contributed by atoms with van der Waals surface area (Å²) in [5.41, 5.74) is 0.926. The van der Waals surface area contributed by atoms with Gasteiger partial charge in [-0.05, 0) is 11.6 Å². The maximum Gasteiger partial charge on any atom is 0.207 e. The first-order valence-electron chi connectivity index (χ1n) is 6.17. The summed E-state index contributed by atoms with van der Waals surface area (Å²) >= 11 is 0. The third kappa shape index (κ3) is 3.45. The van der Waals surface area contributed by atoms with Gasteiger partial charge in [0.2, 0.25) is 5.79 Å². The highest BCUT2D eigenvalue weighted by Gasteiger charge is 2.25. The highest BCUT2D eigenvalue weighted by molar-refractivity contribution is 5.36. The second-order valence-corrected chi connectivity index (χ2v) is 4.38. The molecule has 0 radical (unpaired) electrons. The molecule has 1 aromatic carbocycles. The lowest BCUT2D eigenvalue weighted by Crippen LogP contribution is -2.34. The van der Waals surface area contributed by atoms with Gasteiger partial charge in [0.05, 0.1) is 0 Å². The molecule has 0 fully saturated rings. The quantitative estimate of drug-likeness (QED) is 0.749. The molecule has 96 valence electrons. The monoisotopic (exact) mass is 238 g/mol. The average Bonchev–Trinajstić information content (AvgIpc) is 2.38. The molecular formula is C14H22O3. The van der Waals surface area contributed by atoms with Crippen molar-refractivity contribution in [2.45, 2.75) is 45.3 Å². The summed E-state index contributed by atoms with van der Waals surface area (Å²) < 4.78 is 5.70. The van der Waals surface area contributed by atoms with Crippen LogP contribution in [0.3, 0.4) is 0 Å². The fraction of sp³-hybridized carbons (Fsp3) is 0.571. The maximum absolute atomic E-state index is 10.2. The second kappa shape index (κ2) is 6.03. The molecule has 0 aliphatic heterocycles. The molecule has 1 unspecified atom stereocenters. The lowest BCUT2D eigenvalue weighted by Gasteiger charge is -2.28. The fourth-order valence-corrected chi connectivity index (χ4v) is 1.68. The van der Waals surface area contributed by atoms with Gasteiger partial charge in [0.1, 0.15) is 5.75 Å². The van der Waals surface area contributed by atoms with Crippen LogP contribution >= 0.6 is 0 Å². The summed E-state index contributed by atoms with van der Waals surface area (Å²) in [5, 5.41) is 19.4. The van der Waals surface area contributed by atoms with E-state index in [1.54, 1.807) is 0 Å². The first kappa shape index (κ1) is 14.0. The van der Waals surface area contributed by atoms with E-state index in [4.69, 9.17) is 4.74 Å². The molecule has 0 bridgehead atoms. The topological polar surface area (TPSA) is 49.7 Å². The number of aliphatic hydroxyl groups is 2. The molecule has 0 spiro atoms. The molecule has 0 amide bonds. The molecule has 3 nitrogen and oxygen atoms in total. The molecule has 2 N–H and O–H groups in total. The smallest absolute Gasteiger partial charge is 0.207 e. The molecule has 1 rings (SSSR count). The van der Waals surface area contributed by atoms with E-state index < -0.39 is 5.79 Å². The van der Waals surface area contributed by atoms with Gasteiger partial charge in [-0.25, -0.2) is 0 Å². The Labute approximate surface area is 103 Å². The van der Waals surface area contributed by atoms with Crippen LogP contribution in [0, 0.1) is 0 Å². The average molecular weight is 238 g/mol. The second-order valence-electron chi connectivity index (χ2n) is 4.38. The van der Waals surface area contributed by atoms with Crippen LogP contribution in [0.25, 0.3) is 0 Å². The highest BCUT2D eigenvalue weighted by atomic mass is 16.6. The van der Waals surface area contributed by atoms with Crippen LogP contribution in [0.2, 0.25) is 0 Å². The lowest BCUT2D eigenvalue weighted by molar-refractivity contribution is -0.142. The Morgan fingerprint density at radius 2 is 1.82 bits per heavy atom. The third-order valence-corrected chi connectivity index (χ3v) is 3.13. The van der Waals surface area contributed by atoms with Crippen LogP contribution in [-0.2, 0) is 0 Å². The summed E-state index contributed by atoms with van der Waals surface area (Å²) in [6.45, 7) is 5.78. The number of para-hydroxylation sites is 1. The van der Waals surface area contributed by atoms with E-state index in [-0.39, 0.29) is 12.5 Å². The first-order chi connectivity index (χ1) is 8.06. The van der Waals surface area contributed by atoms with Gasteiger partial charge in [0.15, 0.2) is 0 Å². The van der Waals surface area contributed by atoms with Gasteiger partial charge in [0.25, 0.3) is 0 Å². The van der Waals surface area contributed by atoms with Gasteiger partial charge < -0.3 is 14.9 Å². The van der Waals surface area contributed by atoms with Crippen LogP contribution in [0.4, 0.5) is 0 Å². The molecular weight excluding hydrogens is 216 g/mol. The van der Waals surface area contributed by atoms with Crippen LogP contribution < -0.4 is 4.74 Å². The van der Waals surface area contributed by atoms with E-state index in [0.717, 1.165) is 5.56 Å². The standard InChI is InChI=1S/C14H22O3/c1-4-14(16,5-2)17-13-9-7-6-8-12(13)11(3)10-15/h6-9,11,15-16H,4-5,10H2,1-3H3. The van der Waals surface area contributed by atoms with Crippen molar-refractivity contribution in [1.29, 1.82) is 0 Å². The van der Waals surface area contributed by atoms with Crippen molar-refractivity contribution < 1.29 is 14.9 Å². The number of hydrogen-bond acceptors (Lipinski definition) is 3. The summed E-state index contributed by atoms with van der Waals surface area (Å²) in [6, 6.07) is 7.53. The minimum absolute atomic E-state index is 0.00385. The van der Waals surface area contributed by atoms with E-state index >= 15 is 0 Å². The summed E-state index contributed by atoms with van der Waals surface area (Å²) in [6.07, 6.45) is 1.07. The summed E-state index contributed by atoms with van der Waals surface area (Å²) in [7, 11) is 0. The summed E-state index contributed by atoms with van der Waals surface area (Å²) in [4.78, 5) is 0. The minimum atomic E-state index is -1.12. The molecule has 0 heterocycles. The number of benzene rings is 1. The van der Waals surface area contributed by atoms with E-state index in [1.807, 2.05) is 45.0 Å². The molecule has 0 saturated carbocycles. The van der Waals surface area contributed by atoms with Crippen LogP contribution in [0.5, 0.6) is 5.75 Å². The van der Waals surface area contributed by atoms with Crippen molar-refractivity contribution in [3.63, 3.8) is 0 Å². The Hall–Kier alpha value is -1.06. The SMILES string of the molecule is CCC(O)(CC)Oc1ccccc1C(C)CO. The van der Waals surface area contributed by atoms with Gasteiger partial charge in [0, 0.05) is 25.4 Å². The van der Waals surface area contributed by atoms with E-state index in [0.29, 0.717) is 18.6 Å². The zero-order valence-electron chi connectivity index (χ0n) is 10.8. The molecule has 1 aromatic rings. The van der Waals surface area contributed by atoms with Crippen molar-refractivity contribution in [2.75, 3.05) is 6.61 Å². The Morgan fingerprint density at radius 3 is 2.35 bits per heavy atom. The van der Waals surface area contributed by atoms with Crippen molar-refractivity contribution in [3.05, 3.63) is 29.8 Å². The van der Waals surface area contributed by atoms with Gasteiger partial charge in [-0.15, -0.1) is 0 Å². The minimum Gasteiger partial charge on any atom is -0.462 e. The normalized spacial score (nSPS) is 13.5. The largest absolute Gasteiger partial charge is 0.462 e. The Balaban J connectivity index is 2.98. The Kier molecular flexibility index (Phi) is 4.97. The zero-order chi connectivity index (χ0) is 12.9. The molecule has 0 aliphatic rings. The molecule has 3 heteroatoms. The van der Waals surface area contributed by atoms with Crippen LogP contribution in [0.1, 0.15) is 45.1 Å². The molecule has 0 saturated heterocycles. The summed E-state index contributed by atoms with van der Waals surface area (Å²) in [5.74, 6) is -0.463. The predicted molar refractivity (Wildman–Crippen MR) is 68.1 cm³/mol. The van der Waals surface area contributed by atoms with Gasteiger partial charge in [-0.1, -0.05) is 39.0 Å². The number of aliphatic hydroxyl groups excluding tert-OH is 1. The third-order valence-electron chi connectivity index (χ3n) is 3.13. The van der Waals surface area contributed by atoms with Gasteiger partial charge >= 0.3 is 0 Å². The fourth-order valence-electron chi connectivity index (χ4n) is 1.68. The van der Waals surface area contributed by atoms with Gasteiger partial charge in [-0.2, -0.15) is 0 Å².